The van der Waals surface area contributed by atoms with Gasteiger partial charge in [0.15, 0.2) is 0 Å². The molecule has 0 atom stereocenters. The van der Waals surface area contributed by atoms with Crippen LogP contribution in [0.4, 0.5) is 11.4 Å². The van der Waals surface area contributed by atoms with E-state index in [0.717, 1.165) is 46.0 Å². The van der Waals surface area contributed by atoms with E-state index in [2.05, 4.69) is 42.5 Å². The molecule has 136 valence electrons. The zero-order valence-electron chi connectivity index (χ0n) is 14.2. The molecule has 3 rings (SSSR count). The molecule has 26 heavy (non-hydrogen) atoms. The number of anilines is 2. The van der Waals surface area contributed by atoms with Crippen LogP contribution in [-0.4, -0.2) is 11.8 Å². The van der Waals surface area contributed by atoms with Gasteiger partial charge in [0.05, 0.1) is 0 Å². The third kappa shape index (κ3) is 5.17. The molecule has 0 aromatic heterocycles. The Bertz CT molecular complexity index is 734. The van der Waals surface area contributed by atoms with Crippen LogP contribution in [0.3, 0.4) is 0 Å². The van der Waals surface area contributed by atoms with Crippen LogP contribution < -0.4 is 10.6 Å². The van der Waals surface area contributed by atoms with E-state index in [-0.39, 0.29) is 23.7 Å². The summed E-state index contributed by atoms with van der Waals surface area (Å²) >= 11 is 6.81. The third-order valence-corrected chi connectivity index (χ3v) is 5.64. The number of benzene rings is 2. The summed E-state index contributed by atoms with van der Waals surface area (Å²) < 4.78 is 1.87. The molecule has 0 unspecified atom stereocenters. The highest BCUT2D eigenvalue weighted by molar-refractivity contribution is 9.10. The first-order valence-electron chi connectivity index (χ1n) is 8.64. The van der Waals surface area contributed by atoms with Gasteiger partial charge in [0.1, 0.15) is 0 Å². The summed E-state index contributed by atoms with van der Waals surface area (Å²) in [7, 11) is 0. The van der Waals surface area contributed by atoms with Crippen molar-refractivity contribution >= 4 is 55.0 Å². The monoisotopic (exact) mass is 478 g/mol. The minimum absolute atomic E-state index is 0.0361. The number of nitrogens with one attached hydrogen (secondary N) is 2. The van der Waals surface area contributed by atoms with Crippen LogP contribution in [0.15, 0.2) is 57.5 Å². The normalized spacial score (nSPS) is 19.6. The Morgan fingerprint density at radius 3 is 1.46 bits per heavy atom. The summed E-state index contributed by atoms with van der Waals surface area (Å²) in [5.41, 5.74) is 1.58. The third-order valence-electron chi connectivity index (χ3n) is 4.65. The van der Waals surface area contributed by atoms with Crippen molar-refractivity contribution in [3.63, 3.8) is 0 Å². The Morgan fingerprint density at radius 2 is 1.12 bits per heavy atom. The Balaban J connectivity index is 1.50. The van der Waals surface area contributed by atoms with E-state index in [1.807, 2.05) is 48.5 Å². The fourth-order valence-corrected chi connectivity index (χ4v) is 4.04. The van der Waals surface area contributed by atoms with E-state index in [9.17, 15) is 9.59 Å². The number of carbonyl (C=O) groups excluding carboxylic acids is 2. The van der Waals surface area contributed by atoms with E-state index in [4.69, 9.17) is 0 Å². The Hall–Kier alpha value is -1.66. The first kappa shape index (κ1) is 19.1. The number of carbonyl (C=O) groups is 2. The largest absolute Gasteiger partial charge is 0.326 e. The fraction of sp³-hybridized carbons (Fsp3) is 0.300. The second-order valence-corrected chi connectivity index (χ2v) is 8.38. The van der Waals surface area contributed by atoms with Gasteiger partial charge in [-0.3, -0.25) is 9.59 Å². The molecule has 0 saturated heterocycles. The van der Waals surface area contributed by atoms with Crippen LogP contribution in [0.2, 0.25) is 0 Å². The predicted molar refractivity (Wildman–Crippen MR) is 111 cm³/mol. The van der Waals surface area contributed by atoms with Crippen LogP contribution in [-0.2, 0) is 9.59 Å². The van der Waals surface area contributed by atoms with Crippen LogP contribution in [0.1, 0.15) is 25.7 Å². The molecule has 1 aliphatic rings. The molecule has 2 N–H and O–H groups in total. The Morgan fingerprint density at radius 1 is 0.731 bits per heavy atom. The molecule has 2 aromatic rings. The molecule has 1 aliphatic carbocycles. The van der Waals surface area contributed by atoms with Gasteiger partial charge < -0.3 is 10.6 Å². The van der Waals surface area contributed by atoms with E-state index < -0.39 is 0 Å². The van der Waals surface area contributed by atoms with Crippen molar-refractivity contribution in [3.8, 4) is 0 Å². The van der Waals surface area contributed by atoms with Crippen molar-refractivity contribution in [2.24, 2.45) is 11.8 Å². The van der Waals surface area contributed by atoms with Crippen molar-refractivity contribution in [1.82, 2.24) is 0 Å². The first-order valence-corrected chi connectivity index (χ1v) is 10.2. The van der Waals surface area contributed by atoms with Gasteiger partial charge in [-0.2, -0.15) is 0 Å². The van der Waals surface area contributed by atoms with Gasteiger partial charge >= 0.3 is 0 Å². The molecule has 1 fully saturated rings. The van der Waals surface area contributed by atoms with Gasteiger partial charge in [-0.15, -0.1) is 0 Å². The maximum Gasteiger partial charge on any atom is 0.227 e. The molecule has 2 amide bonds. The average molecular weight is 480 g/mol. The average Bonchev–Trinajstić information content (AvgIpc) is 2.62. The summed E-state index contributed by atoms with van der Waals surface area (Å²) in [5, 5.41) is 5.94. The molecular formula is C20H20Br2N2O2. The highest BCUT2D eigenvalue weighted by atomic mass is 79.9. The van der Waals surface area contributed by atoms with Crippen LogP contribution in [0.5, 0.6) is 0 Å². The van der Waals surface area contributed by atoms with Crippen molar-refractivity contribution < 1.29 is 9.59 Å². The first-order chi connectivity index (χ1) is 12.5. The second-order valence-electron chi connectivity index (χ2n) is 6.55. The lowest BCUT2D eigenvalue weighted by Gasteiger charge is -2.27. The number of rotatable bonds is 4. The SMILES string of the molecule is O=C(Nc1cccc(Br)c1)C1CCC(C(=O)Nc2cccc(Br)c2)CC1. The smallest absolute Gasteiger partial charge is 0.227 e. The molecule has 0 spiro atoms. The molecule has 0 heterocycles. The minimum atomic E-state index is -0.0381. The highest BCUT2D eigenvalue weighted by Gasteiger charge is 2.30. The van der Waals surface area contributed by atoms with Gasteiger partial charge in [-0.25, -0.2) is 0 Å². The van der Waals surface area contributed by atoms with E-state index in [1.165, 1.54) is 0 Å². The summed E-state index contributed by atoms with van der Waals surface area (Å²) in [6.45, 7) is 0. The van der Waals surface area contributed by atoms with Crippen molar-refractivity contribution in [1.29, 1.82) is 0 Å². The maximum absolute atomic E-state index is 12.5. The lowest BCUT2D eigenvalue weighted by Crippen LogP contribution is -2.32. The Labute approximate surface area is 170 Å². The van der Waals surface area contributed by atoms with Crippen LogP contribution in [0, 0.1) is 11.8 Å². The highest BCUT2D eigenvalue weighted by Crippen LogP contribution is 2.31. The maximum atomic E-state index is 12.5. The quantitative estimate of drug-likeness (QED) is 0.599. The summed E-state index contributed by atoms with van der Waals surface area (Å²) in [6, 6.07) is 15.1. The van der Waals surface area contributed by atoms with Gasteiger partial charge in [-0.05, 0) is 62.1 Å². The minimum Gasteiger partial charge on any atom is -0.326 e. The van der Waals surface area contributed by atoms with Gasteiger partial charge in [-0.1, -0.05) is 44.0 Å². The lowest BCUT2D eigenvalue weighted by atomic mass is 9.81. The predicted octanol–water partition coefficient (Wildman–Crippen LogP) is 5.60. The zero-order chi connectivity index (χ0) is 18.5. The number of hydrogen-bond donors (Lipinski definition) is 2. The van der Waals surface area contributed by atoms with Crippen molar-refractivity contribution in [3.05, 3.63) is 57.5 Å². The van der Waals surface area contributed by atoms with Crippen molar-refractivity contribution in [2.45, 2.75) is 25.7 Å². The molecule has 1 saturated carbocycles. The topological polar surface area (TPSA) is 58.2 Å². The summed E-state index contributed by atoms with van der Waals surface area (Å²) in [5.74, 6) is -0.00398. The standard InChI is InChI=1S/C20H20Br2N2O2/c21-15-3-1-5-17(11-15)23-19(25)13-7-9-14(10-8-13)20(26)24-18-6-2-4-16(22)12-18/h1-6,11-14H,7-10H2,(H,23,25)(H,24,26). The van der Waals surface area contributed by atoms with E-state index >= 15 is 0 Å². The molecule has 6 heteroatoms. The van der Waals surface area contributed by atoms with E-state index in [1.54, 1.807) is 0 Å². The molecule has 2 aromatic carbocycles. The Kier molecular flexibility index (Phi) is 6.48. The molecule has 0 bridgehead atoms. The molecular weight excluding hydrogens is 460 g/mol. The number of halogens is 2. The summed E-state index contributed by atoms with van der Waals surface area (Å²) in [4.78, 5) is 24.9. The molecule has 0 radical (unpaired) electrons. The van der Waals surface area contributed by atoms with Crippen LogP contribution in [0.25, 0.3) is 0 Å². The van der Waals surface area contributed by atoms with Gasteiger partial charge in [0.2, 0.25) is 11.8 Å². The molecule has 4 nitrogen and oxygen atoms in total. The number of amides is 2. The molecule has 0 aliphatic heterocycles. The van der Waals surface area contributed by atoms with Gasteiger partial charge in [0.25, 0.3) is 0 Å². The van der Waals surface area contributed by atoms with E-state index in [0.29, 0.717) is 0 Å². The lowest BCUT2D eigenvalue weighted by molar-refractivity contribution is -0.125. The zero-order valence-corrected chi connectivity index (χ0v) is 17.3. The van der Waals surface area contributed by atoms with Crippen molar-refractivity contribution in [2.75, 3.05) is 10.6 Å². The second kappa shape index (κ2) is 8.82. The number of hydrogen-bond acceptors (Lipinski definition) is 2. The van der Waals surface area contributed by atoms with Gasteiger partial charge in [0, 0.05) is 32.2 Å². The van der Waals surface area contributed by atoms with Crippen LogP contribution >= 0.6 is 31.9 Å². The fourth-order valence-electron chi connectivity index (χ4n) is 3.24. The summed E-state index contributed by atoms with van der Waals surface area (Å²) in [6.07, 6.45) is 2.93.